The minimum atomic E-state index is 0.635. The average molecular weight is 263 g/mol. The standard InChI is InChI=1S/C13H29NO4/c1-14-6-3-4-8-16-10-12-18-13-11-17-9-5-7-15-2/h14H,3-13H2,1-2H3. The van der Waals surface area contributed by atoms with E-state index in [1.54, 1.807) is 7.11 Å². The summed E-state index contributed by atoms with van der Waals surface area (Å²) in [6.45, 7) is 5.96. The van der Waals surface area contributed by atoms with Crippen LogP contribution in [0, 0.1) is 0 Å². The molecule has 1 N–H and O–H groups in total. The third kappa shape index (κ3) is 15.8. The molecule has 0 heterocycles. The first-order chi connectivity index (χ1) is 8.91. The van der Waals surface area contributed by atoms with Crippen LogP contribution in [-0.2, 0) is 18.9 Å². The zero-order chi connectivity index (χ0) is 13.3. The lowest BCUT2D eigenvalue weighted by Gasteiger charge is -2.06. The molecule has 0 rings (SSSR count). The summed E-state index contributed by atoms with van der Waals surface area (Å²) in [5, 5.41) is 3.11. The Balaban J connectivity index is 2.86. The summed E-state index contributed by atoms with van der Waals surface area (Å²) in [6, 6.07) is 0. The second-order valence-corrected chi connectivity index (χ2v) is 3.99. The Morgan fingerprint density at radius 3 is 1.78 bits per heavy atom. The summed E-state index contributed by atoms with van der Waals surface area (Å²) >= 11 is 0. The predicted octanol–water partition coefficient (Wildman–Crippen LogP) is 1.07. The molecule has 0 fully saturated rings. The van der Waals surface area contributed by atoms with E-state index in [-0.39, 0.29) is 0 Å². The van der Waals surface area contributed by atoms with E-state index >= 15 is 0 Å². The molecular formula is C13H29NO4. The summed E-state index contributed by atoms with van der Waals surface area (Å²) in [5.74, 6) is 0. The average Bonchev–Trinajstić information content (AvgIpc) is 2.39. The summed E-state index contributed by atoms with van der Waals surface area (Å²) in [5.41, 5.74) is 0. The molecule has 0 unspecified atom stereocenters. The summed E-state index contributed by atoms with van der Waals surface area (Å²) in [4.78, 5) is 0. The van der Waals surface area contributed by atoms with Crippen molar-refractivity contribution in [3.63, 3.8) is 0 Å². The minimum absolute atomic E-state index is 0.635. The van der Waals surface area contributed by atoms with Gasteiger partial charge in [0.2, 0.25) is 0 Å². The maximum absolute atomic E-state index is 5.43. The van der Waals surface area contributed by atoms with Crippen LogP contribution in [0.15, 0.2) is 0 Å². The molecule has 0 aliphatic heterocycles. The first-order valence-electron chi connectivity index (χ1n) is 6.78. The first-order valence-corrected chi connectivity index (χ1v) is 6.78. The number of methoxy groups -OCH3 is 1. The van der Waals surface area contributed by atoms with Crippen LogP contribution in [0.2, 0.25) is 0 Å². The van der Waals surface area contributed by atoms with Gasteiger partial charge in [-0.15, -0.1) is 0 Å². The van der Waals surface area contributed by atoms with Gasteiger partial charge in [0.05, 0.1) is 26.4 Å². The molecule has 0 aliphatic carbocycles. The SMILES string of the molecule is CNCCCCOCCOCCOCCCOC. The van der Waals surface area contributed by atoms with E-state index in [0.29, 0.717) is 26.4 Å². The molecule has 0 amide bonds. The predicted molar refractivity (Wildman–Crippen MR) is 72.1 cm³/mol. The second-order valence-electron chi connectivity index (χ2n) is 3.99. The third-order valence-electron chi connectivity index (χ3n) is 2.35. The molecule has 18 heavy (non-hydrogen) atoms. The monoisotopic (exact) mass is 263 g/mol. The van der Waals surface area contributed by atoms with Crippen molar-refractivity contribution in [3.8, 4) is 0 Å². The van der Waals surface area contributed by atoms with Crippen LogP contribution in [0.25, 0.3) is 0 Å². The van der Waals surface area contributed by atoms with Gasteiger partial charge in [0.15, 0.2) is 0 Å². The van der Waals surface area contributed by atoms with E-state index in [9.17, 15) is 0 Å². The lowest BCUT2D eigenvalue weighted by atomic mass is 10.3. The Hall–Kier alpha value is -0.200. The van der Waals surface area contributed by atoms with Crippen molar-refractivity contribution in [1.82, 2.24) is 5.32 Å². The van der Waals surface area contributed by atoms with E-state index in [4.69, 9.17) is 18.9 Å². The van der Waals surface area contributed by atoms with Gasteiger partial charge in [-0.25, -0.2) is 0 Å². The molecule has 0 aromatic heterocycles. The van der Waals surface area contributed by atoms with Gasteiger partial charge < -0.3 is 24.3 Å². The molecule has 5 nitrogen and oxygen atoms in total. The van der Waals surface area contributed by atoms with Crippen molar-refractivity contribution in [3.05, 3.63) is 0 Å². The normalized spacial score (nSPS) is 11.0. The molecule has 0 aliphatic rings. The molecule has 110 valence electrons. The van der Waals surface area contributed by atoms with Crippen LogP contribution in [0.5, 0.6) is 0 Å². The third-order valence-corrected chi connectivity index (χ3v) is 2.35. The fourth-order valence-corrected chi connectivity index (χ4v) is 1.35. The van der Waals surface area contributed by atoms with Gasteiger partial charge in [-0.2, -0.15) is 0 Å². The van der Waals surface area contributed by atoms with E-state index in [2.05, 4.69) is 5.32 Å². The van der Waals surface area contributed by atoms with Gasteiger partial charge in [0, 0.05) is 26.9 Å². The number of nitrogens with one attached hydrogen (secondary N) is 1. The second kappa shape index (κ2) is 16.8. The van der Waals surface area contributed by atoms with Crippen molar-refractivity contribution in [2.24, 2.45) is 0 Å². The van der Waals surface area contributed by atoms with Crippen molar-refractivity contribution >= 4 is 0 Å². The minimum Gasteiger partial charge on any atom is -0.385 e. The molecule has 5 heteroatoms. The molecular weight excluding hydrogens is 234 g/mol. The fraction of sp³-hybridized carbons (Fsp3) is 1.00. The lowest BCUT2D eigenvalue weighted by Crippen LogP contribution is -2.12. The van der Waals surface area contributed by atoms with Crippen LogP contribution >= 0.6 is 0 Å². The Bertz CT molecular complexity index is 131. The van der Waals surface area contributed by atoms with Gasteiger partial charge in [0.25, 0.3) is 0 Å². The summed E-state index contributed by atoms with van der Waals surface area (Å²) in [6.07, 6.45) is 3.20. The van der Waals surface area contributed by atoms with Crippen LogP contribution in [-0.4, -0.2) is 67.0 Å². The highest BCUT2D eigenvalue weighted by molar-refractivity contribution is 4.42. The van der Waals surface area contributed by atoms with Gasteiger partial charge in [0.1, 0.15) is 0 Å². The number of hydrogen-bond donors (Lipinski definition) is 1. The number of ether oxygens (including phenoxy) is 4. The van der Waals surface area contributed by atoms with Crippen molar-refractivity contribution in [2.75, 3.05) is 67.0 Å². The van der Waals surface area contributed by atoms with Gasteiger partial charge in [-0.05, 0) is 32.9 Å². The Kier molecular flexibility index (Phi) is 16.6. The zero-order valence-electron chi connectivity index (χ0n) is 11.9. The molecule has 0 aromatic rings. The number of unbranched alkanes of at least 4 members (excludes halogenated alkanes) is 1. The molecule has 0 saturated carbocycles. The molecule has 0 atom stereocenters. The van der Waals surface area contributed by atoms with Gasteiger partial charge >= 0.3 is 0 Å². The highest BCUT2D eigenvalue weighted by Gasteiger charge is 1.92. The highest BCUT2D eigenvalue weighted by atomic mass is 16.5. The Labute approximate surface area is 111 Å². The van der Waals surface area contributed by atoms with Crippen LogP contribution < -0.4 is 5.32 Å². The largest absolute Gasteiger partial charge is 0.385 e. The zero-order valence-corrected chi connectivity index (χ0v) is 11.9. The van der Waals surface area contributed by atoms with Crippen LogP contribution in [0.3, 0.4) is 0 Å². The summed E-state index contributed by atoms with van der Waals surface area (Å²) < 4.78 is 21.1. The van der Waals surface area contributed by atoms with Crippen LogP contribution in [0.1, 0.15) is 19.3 Å². The van der Waals surface area contributed by atoms with E-state index < -0.39 is 0 Å². The Morgan fingerprint density at radius 1 is 0.667 bits per heavy atom. The maximum atomic E-state index is 5.43. The van der Waals surface area contributed by atoms with Crippen molar-refractivity contribution in [1.29, 1.82) is 0 Å². The van der Waals surface area contributed by atoms with Crippen molar-refractivity contribution in [2.45, 2.75) is 19.3 Å². The molecule has 0 bridgehead atoms. The lowest BCUT2D eigenvalue weighted by molar-refractivity contribution is 0.0108. The van der Waals surface area contributed by atoms with Crippen molar-refractivity contribution < 1.29 is 18.9 Å². The highest BCUT2D eigenvalue weighted by Crippen LogP contribution is 1.89. The number of hydrogen-bond acceptors (Lipinski definition) is 5. The van der Waals surface area contributed by atoms with E-state index in [0.717, 1.165) is 45.6 Å². The summed E-state index contributed by atoms with van der Waals surface area (Å²) in [7, 11) is 3.66. The molecule has 0 aromatic carbocycles. The van der Waals surface area contributed by atoms with Gasteiger partial charge in [-0.3, -0.25) is 0 Å². The van der Waals surface area contributed by atoms with E-state index in [1.165, 1.54) is 0 Å². The van der Waals surface area contributed by atoms with Crippen LogP contribution in [0.4, 0.5) is 0 Å². The fourth-order valence-electron chi connectivity index (χ4n) is 1.35. The molecule has 0 spiro atoms. The molecule has 0 saturated heterocycles. The van der Waals surface area contributed by atoms with E-state index in [1.807, 2.05) is 7.05 Å². The first kappa shape index (κ1) is 17.8. The maximum Gasteiger partial charge on any atom is 0.0701 e. The quantitative estimate of drug-likeness (QED) is 0.448. The smallest absolute Gasteiger partial charge is 0.0701 e. The number of rotatable bonds is 15. The van der Waals surface area contributed by atoms with Gasteiger partial charge in [-0.1, -0.05) is 0 Å². The Morgan fingerprint density at radius 2 is 1.22 bits per heavy atom. The topological polar surface area (TPSA) is 49.0 Å². The molecule has 0 radical (unpaired) electrons.